The van der Waals surface area contributed by atoms with Crippen molar-refractivity contribution in [3.8, 4) is 0 Å². The second kappa shape index (κ2) is 5.75. The molecular weight excluding hydrogens is 272 g/mol. The van der Waals surface area contributed by atoms with Crippen molar-refractivity contribution < 1.29 is 4.84 Å². The molecule has 2 heterocycles. The second-order valence-electron chi connectivity index (χ2n) is 5.74. The van der Waals surface area contributed by atoms with Crippen LogP contribution in [0.3, 0.4) is 0 Å². The van der Waals surface area contributed by atoms with Gasteiger partial charge in [-0.15, -0.1) is 0 Å². The van der Waals surface area contributed by atoms with E-state index in [4.69, 9.17) is 4.84 Å². The zero-order chi connectivity index (χ0) is 15.0. The van der Waals surface area contributed by atoms with Crippen LogP contribution in [0.5, 0.6) is 0 Å². The summed E-state index contributed by atoms with van der Waals surface area (Å²) in [5.74, 6) is 0. The highest BCUT2D eigenvalue weighted by atomic mass is 16.7. The first-order chi connectivity index (χ1) is 10.1. The Morgan fingerprint density at radius 3 is 1.62 bits per heavy atom. The Kier molecular flexibility index (Phi) is 3.97. The van der Waals surface area contributed by atoms with Crippen LogP contribution in [-0.2, 0) is 4.84 Å². The molecule has 116 valence electrons. The van der Waals surface area contributed by atoms with E-state index in [1.54, 1.807) is 7.11 Å². The second-order valence-corrected chi connectivity index (χ2v) is 5.74. The van der Waals surface area contributed by atoms with E-state index in [2.05, 4.69) is 16.8 Å². The molecule has 0 aromatic heterocycles. The number of rotatable bonds is 3. The van der Waals surface area contributed by atoms with Crippen LogP contribution in [-0.4, -0.2) is 76.5 Å². The first-order valence-corrected chi connectivity index (χ1v) is 7.42. The fourth-order valence-electron chi connectivity index (χ4n) is 3.08. The molecule has 0 radical (unpaired) electrons. The lowest BCUT2D eigenvalue weighted by atomic mass is 10.1. The van der Waals surface area contributed by atoms with E-state index in [0.717, 1.165) is 52.4 Å². The van der Waals surface area contributed by atoms with Crippen molar-refractivity contribution >= 4 is 11.4 Å². The first-order valence-electron chi connectivity index (χ1n) is 7.42. The standard InChI is InChI=1S/C14H22N4O3/c1-15-3-5-16(6-4-15)11-12(14(20)13(11)19)17-7-9-18(21-2)10-8-17/h3-10H2,1-2H3. The minimum atomic E-state index is -0.324. The van der Waals surface area contributed by atoms with Crippen molar-refractivity contribution in [2.45, 2.75) is 0 Å². The Hall–Kier alpha value is -1.44. The number of hydrogen-bond acceptors (Lipinski definition) is 7. The molecule has 0 aliphatic carbocycles. The average molecular weight is 294 g/mol. The van der Waals surface area contributed by atoms with Crippen molar-refractivity contribution in [2.75, 3.05) is 76.3 Å². The SMILES string of the molecule is CON1CCN(c2c(N3CCN(C)CC3)c(=O)c2=O)CC1. The molecule has 2 fully saturated rings. The van der Waals surface area contributed by atoms with Gasteiger partial charge in [0.05, 0.1) is 7.11 Å². The summed E-state index contributed by atoms with van der Waals surface area (Å²) in [6.45, 7) is 6.41. The van der Waals surface area contributed by atoms with E-state index < -0.39 is 0 Å². The fourth-order valence-corrected chi connectivity index (χ4v) is 3.08. The van der Waals surface area contributed by atoms with Gasteiger partial charge in [-0.25, -0.2) is 0 Å². The van der Waals surface area contributed by atoms with Gasteiger partial charge in [-0.2, -0.15) is 5.06 Å². The van der Waals surface area contributed by atoms with Crippen LogP contribution in [0.2, 0.25) is 0 Å². The van der Waals surface area contributed by atoms with Gasteiger partial charge in [0.15, 0.2) is 0 Å². The van der Waals surface area contributed by atoms with E-state index in [0.29, 0.717) is 11.4 Å². The lowest BCUT2D eigenvalue weighted by Gasteiger charge is -2.39. The van der Waals surface area contributed by atoms with Gasteiger partial charge in [0, 0.05) is 52.4 Å². The van der Waals surface area contributed by atoms with Gasteiger partial charge in [-0.05, 0) is 7.05 Å². The fraction of sp³-hybridized carbons (Fsp3) is 0.714. The number of hydrogen-bond donors (Lipinski definition) is 0. The minimum absolute atomic E-state index is 0.316. The molecule has 0 amide bonds. The lowest BCUT2D eigenvalue weighted by Crippen LogP contribution is -2.55. The molecule has 0 spiro atoms. The Morgan fingerprint density at radius 2 is 1.19 bits per heavy atom. The van der Waals surface area contributed by atoms with Gasteiger partial charge in [0.1, 0.15) is 11.4 Å². The Balaban J connectivity index is 1.76. The molecule has 0 N–H and O–H groups in total. The molecule has 7 heteroatoms. The van der Waals surface area contributed by atoms with Crippen molar-refractivity contribution in [2.24, 2.45) is 0 Å². The number of nitrogens with zero attached hydrogens (tertiary/aromatic N) is 4. The summed E-state index contributed by atoms with van der Waals surface area (Å²) < 4.78 is 0. The van der Waals surface area contributed by atoms with Gasteiger partial charge in [0.25, 0.3) is 10.9 Å². The maximum Gasteiger partial charge on any atom is 0.253 e. The quantitative estimate of drug-likeness (QED) is 0.644. The molecule has 1 aromatic carbocycles. The topological polar surface area (TPSA) is 56.3 Å². The summed E-state index contributed by atoms with van der Waals surface area (Å²) in [6.07, 6.45) is 0. The predicted octanol–water partition coefficient (Wildman–Crippen LogP) is -1.28. The van der Waals surface area contributed by atoms with Crippen LogP contribution in [0.1, 0.15) is 0 Å². The lowest BCUT2D eigenvalue weighted by molar-refractivity contribution is -0.133. The van der Waals surface area contributed by atoms with Gasteiger partial charge in [-0.3, -0.25) is 9.59 Å². The van der Waals surface area contributed by atoms with Crippen LogP contribution < -0.4 is 20.7 Å². The summed E-state index contributed by atoms with van der Waals surface area (Å²) in [4.78, 5) is 35.5. The molecule has 1 aromatic rings. The van der Waals surface area contributed by atoms with Crippen LogP contribution in [0, 0.1) is 0 Å². The molecule has 2 saturated heterocycles. The molecule has 21 heavy (non-hydrogen) atoms. The first kappa shape index (κ1) is 14.5. The maximum atomic E-state index is 12.0. The third-order valence-corrected chi connectivity index (χ3v) is 4.49. The van der Waals surface area contributed by atoms with Crippen LogP contribution in [0.4, 0.5) is 11.4 Å². The Bertz CT molecular complexity index is 565. The molecule has 0 saturated carbocycles. The summed E-state index contributed by atoms with van der Waals surface area (Å²) in [5, 5.41) is 1.87. The van der Waals surface area contributed by atoms with Crippen LogP contribution in [0.15, 0.2) is 9.59 Å². The highest BCUT2D eigenvalue weighted by Gasteiger charge is 2.32. The van der Waals surface area contributed by atoms with Crippen LogP contribution >= 0.6 is 0 Å². The maximum absolute atomic E-state index is 12.0. The summed E-state index contributed by atoms with van der Waals surface area (Å²) in [7, 11) is 3.73. The monoisotopic (exact) mass is 294 g/mol. The van der Waals surface area contributed by atoms with Gasteiger partial charge in [-0.1, -0.05) is 0 Å². The molecule has 0 atom stereocenters. The zero-order valence-electron chi connectivity index (χ0n) is 12.7. The summed E-state index contributed by atoms with van der Waals surface area (Å²) in [6, 6.07) is 0. The Labute approximate surface area is 123 Å². The molecule has 7 nitrogen and oxygen atoms in total. The van der Waals surface area contributed by atoms with E-state index in [1.165, 1.54) is 0 Å². The number of hydroxylamine groups is 2. The average Bonchev–Trinajstić information content (AvgIpc) is 2.53. The minimum Gasteiger partial charge on any atom is -0.364 e. The predicted molar refractivity (Wildman–Crippen MR) is 81.9 cm³/mol. The highest BCUT2D eigenvalue weighted by Crippen LogP contribution is 2.26. The van der Waals surface area contributed by atoms with Gasteiger partial charge >= 0.3 is 0 Å². The Morgan fingerprint density at radius 1 is 0.762 bits per heavy atom. The van der Waals surface area contributed by atoms with Crippen molar-refractivity contribution in [1.29, 1.82) is 0 Å². The number of likely N-dealkylation sites (N-methyl/N-ethyl adjacent to an activating group) is 1. The molecular formula is C14H22N4O3. The van der Waals surface area contributed by atoms with E-state index in [-0.39, 0.29) is 10.9 Å². The zero-order valence-corrected chi connectivity index (χ0v) is 12.7. The summed E-state index contributed by atoms with van der Waals surface area (Å²) >= 11 is 0. The molecule has 2 aliphatic rings. The normalized spacial score (nSPS) is 22.2. The molecule has 2 aliphatic heterocycles. The van der Waals surface area contributed by atoms with E-state index >= 15 is 0 Å². The van der Waals surface area contributed by atoms with Crippen molar-refractivity contribution in [3.63, 3.8) is 0 Å². The number of anilines is 2. The van der Waals surface area contributed by atoms with Crippen LogP contribution in [0.25, 0.3) is 0 Å². The van der Waals surface area contributed by atoms with Gasteiger partial charge in [0.2, 0.25) is 0 Å². The highest BCUT2D eigenvalue weighted by molar-refractivity contribution is 5.76. The third kappa shape index (κ3) is 2.56. The van der Waals surface area contributed by atoms with E-state index in [9.17, 15) is 9.59 Å². The number of piperazine rings is 2. The van der Waals surface area contributed by atoms with E-state index in [1.807, 2.05) is 9.96 Å². The molecule has 0 bridgehead atoms. The molecule has 0 unspecified atom stereocenters. The molecule has 3 rings (SSSR count). The summed E-state index contributed by atoms with van der Waals surface area (Å²) in [5.41, 5.74) is 0.623. The van der Waals surface area contributed by atoms with Crippen molar-refractivity contribution in [1.82, 2.24) is 9.96 Å². The third-order valence-electron chi connectivity index (χ3n) is 4.49. The van der Waals surface area contributed by atoms with Crippen molar-refractivity contribution in [3.05, 3.63) is 20.4 Å². The largest absolute Gasteiger partial charge is 0.364 e. The van der Waals surface area contributed by atoms with Gasteiger partial charge < -0.3 is 19.5 Å². The smallest absolute Gasteiger partial charge is 0.253 e.